The van der Waals surface area contributed by atoms with Gasteiger partial charge in [0.15, 0.2) is 0 Å². The Morgan fingerprint density at radius 1 is 1.29 bits per heavy atom. The van der Waals surface area contributed by atoms with E-state index in [2.05, 4.69) is 9.62 Å². The summed E-state index contributed by atoms with van der Waals surface area (Å²) < 4.78 is 31.7. The van der Waals surface area contributed by atoms with Crippen molar-refractivity contribution in [2.45, 2.75) is 38.0 Å². The molecule has 5 nitrogen and oxygen atoms in total. The van der Waals surface area contributed by atoms with Gasteiger partial charge in [-0.05, 0) is 51.0 Å². The Labute approximate surface area is 127 Å². The molecule has 21 heavy (non-hydrogen) atoms. The van der Waals surface area contributed by atoms with Gasteiger partial charge in [0.05, 0.1) is 11.4 Å². The third kappa shape index (κ3) is 4.11. The molecule has 1 aliphatic heterocycles. The fraction of sp³-hybridized carbons (Fsp3) is 0.600. The fourth-order valence-electron chi connectivity index (χ4n) is 2.39. The Hall–Kier alpha value is -1.27. The van der Waals surface area contributed by atoms with E-state index in [1.165, 1.54) is 0 Å². The molecule has 0 radical (unpaired) electrons. The van der Waals surface area contributed by atoms with Crippen LogP contribution in [0.5, 0.6) is 0 Å². The van der Waals surface area contributed by atoms with Crippen LogP contribution >= 0.6 is 0 Å². The first-order valence-corrected chi connectivity index (χ1v) is 8.86. The van der Waals surface area contributed by atoms with Gasteiger partial charge in [-0.3, -0.25) is 4.72 Å². The second-order valence-electron chi connectivity index (χ2n) is 5.69. The smallest absolute Gasteiger partial charge is 0.235 e. The highest BCUT2D eigenvalue weighted by Gasteiger charge is 2.20. The second kappa shape index (κ2) is 6.66. The maximum absolute atomic E-state index is 11.8. The van der Waals surface area contributed by atoms with Crippen LogP contribution in [-0.2, 0) is 14.8 Å². The lowest BCUT2D eigenvalue weighted by atomic mass is 10.1. The number of piperidine rings is 1. The summed E-state index contributed by atoms with van der Waals surface area (Å²) >= 11 is 0. The van der Waals surface area contributed by atoms with Crippen LogP contribution in [0.2, 0.25) is 0 Å². The molecule has 118 valence electrons. The molecular formula is C15H24N2O3S. The molecule has 0 spiro atoms. The van der Waals surface area contributed by atoms with Gasteiger partial charge < -0.3 is 9.64 Å². The van der Waals surface area contributed by atoms with Gasteiger partial charge in [-0.2, -0.15) is 0 Å². The minimum Gasteiger partial charge on any atom is -0.380 e. The van der Waals surface area contributed by atoms with Gasteiger partial charge in [-0.15, -0.1) is 0 Å². The maximum Gasteiger partial charge on any atom is 0.235 e. The van der Waals surface area contributed by atoms with E-state index in [1.807, 2.05) is 24.3 Å². The first-order valence-electron chi connectivity index (χ1n) is 7.32. The van der Waals surface area contributed by atoms with Crippen LogP contribution in [0.25, 0.3) is 0 Å². The number of hydrogen-bond acceptors (Lipinski definition) is 4. The summed E-state index contributed by atoms with van der Waals surface area (Å²) in [6, 6.07) is 7.53. The van der Waals surface area contributed by atoms with Crippen LogP contribution in [0.4, 0.5) is 11.4 Å². The Bertz CT molecular complexity index is 555. The van der Waals surface area contributed by atoms with Crippen molar-refractivity contribution in [3.8, 4) is 0 Å². The van der Waals surface area contributed by atoms with Gasteiger partial charge in [0.1, 0.15) is 0 Å². The third-order valence-electron chi connectivity index (χ3n) is 3.82. The fourth-order valence-corrected chi connectivity index (χ4v) is 3.09. The molecule has 0 aromatic heterocycles. The summed E-state index contributed by atoms with van der Waals surface area (Å²) in [7, 11) is -1.54. The number of rotatable bonds is 5. The van der Waals surface area contributed by atoms with Crippen molar-refractivity contribution >= 4 is 21.4 Å². The quantitative estimate of drug-likeness (QED) is 0.907. The zero-order chi connectivity index (χ0) is 15.5. The van der Waals surface area contributed by atoms with Crippen LogP contribution in [0.15, 0.2) is 24.3 Å². The molecule has 0 bridgehead atoms. The minimum absolute atomic E-state index is 0.276. The van der Waals surface area contributed by atoms with E-state index in [0.717, 1.165) is 31.6 Å². The van der Waals surface area contributed by atoms with E-state index >= 15 is 0 Å². The summed E-state index contributed by atoms with van der Waals surface area (Å²) in [5.74, 6) is 0. The van der Waals surface area contributed by atoms with Gasteiger partial charge >= 0.3 is 0 Å². The zero-order valence-corrected chi connectivity index (χ0v) is 13.7. The van der Waals surface area contributed by atoms with Crippen molar-refractivity contribution in [1.29, 1.82) is 0 Å². The van der Waals surface area contributed by atoms with Crippen LogP contribution in [0.3, 0.4) is 0 Å². The zero-order valence-electron chi connectivity index (χ0n) is 12.9. The lowest BCUT2D eigenvalue weighted by Crippen LogP contribution is -2.39. The van der Waals surface area contributed by atoms with Gasteiger partial charge in [-0.25, -0.2) is 8.42 Å². The van der Waals surface area contributed by atoms with E-state index in [1.54, 1.807) is 21.0 Å². The Morgan fingerprint density at radius 2 is 1.95 bits per heavy atom. The normalized spacial score (nSPS) is 19.8. The maximum atomic E-state index is 11.8. The molecular weight excluding hydrogens is 288 g/mol. The topological polar surface area (TPSA) is 58.6 Å². The number of benzene rings is 1. The van der Waals surface area contributed by atoms with Crippen molar-refractivity contribution in [2.24, 2.45) is 0 Å². The molecule has 1 N–H and O–H groups in total. The predicted molar refractivity (Wildman–Crippen MR) is 86.4 cm³/mol. The summed E-state index contributed by atoms with van der Waals surface area (Å²) in [4.78, 5) is 2.28. The Kier molecular flexibility index (Phi) is 5.11. The number of ether oxygens (including phenoxy) is 1. The molecule has 1 heterocycles. The van der Waals surface area contributed by atoms with Gasteiger partial charge in [0.25, 0.3) is 0 Å². The SMILES string of the molecule is COC1CCCN(c2ccc(NS(=O)(=O)C(C)C)cc2)C1. The van der Waals surface area contributed by atoms with E-state index in [4.69, 9.17) is 4.74 Å². The molecule has 1 fully saturated rings. The highest BCUT2D eigenvalue weighted by atomic mass is 32.2. The number of methoxy groups -OCH3 is 1. The molecule has 0 aliphatic carbocycles. The standard InChI is InChI=1S/C15H24N2O3S/c1-12(2)21(18,19)16-13-6-8-14(9-7-13)17-10-4-5-15(11-17)20-3/h6-9,12,15-16H,4-5,10-11H2,1-3H3. The minimum atomic E-state index is -3.29. The van der Waals surface area contributed by atoms with E-state index < -0.39 is 15.3 Å². The molecule has 1 atom stereocenters. The lowest BCUT2D eigenvalue weighted by molar-refractivity contribution is 0.0893. The number of anilines is 2. The molecule has 0 saturated carbocycles. The number of nitrogens with zero attached hydrogens (tertiary/aromatic N) is 1. The first-order chi connectivity index (χ1) is 9.92. The number of hydrogen-bond donors (Lipinski definition) is 1. The van der Waals surface area contributed by atoms with Crippen LogP contribution < -0.4 is 9.62 Å². The number of nitrogens with one attached hydrogen (secondary N) is 1. The summed E-state index contributed by atoms with van der Waals surface area (Å²) in [6.45, 7) is 5.22. The van der Waals surface area contributed by atoms with Crippen LogP contribution in [0.1, 0.15) is 26.7 Å². The van der Waals surface area contributed by atoms with Crippen molar-refractivity contribution in [2.75, 3.05) is 29.8 Å². The van der Waals surface area contributed by atoms with Gasteiger partial charge in [0.2, 0.25) is 10.0 Å². The first kappa shape index (κ1) is 16.1. The van der Waals surface area contributed by atoms with E-state index in [9.17, 15) is 8.42 Å². The van der Waals surface area contributed by atoms with E-state index in [0.29, 0.717) is 5.69 Å². The third-order valence-corrected chi connectivity index (χ3v) is 5.59. The molecule has 0 amide bonds. The summed E-state index contributed by atoms with van der Waals surface area (Å²) in [6.07, 6.45) is 2.48. The Morgan fingerprint density at radius 3 is 2.52 bits per heavy atom. The van der Waals surface area contributed by atoms with Crippen LogP contribution in [-0.4, -0.2) is 40.0 Å². The molecule has 1 unspecified atom stereocenters. The average molecular weight is 312 g/mol. The predicted octanol–water partition coefficient (Wildman–Crippen LogP) is 2.45. The second-order valence-corrected chi connectivity index (χ2v) is 7.93. The molecule has 1 aromatic rings. The van der Waals surface area contributed by atoms with Gasteiger partial charge in [-0.1, -0.05) is 0 Å². The van der Waals surface area contributed by atoms with Crippen LogP contribution in [0, 0.1) is 0 Å². The Balaban J connectivity index is 2.05. The molecule has 1 saturated heterocycles. The van der Waals surface area contributed by atoms with Crippen molar-refractivity contribution in [3.63, 3.8) is 0 Å². The van der Waals surface area contributed by atoms with Gasteiger partial charge in [0, 0.05) is 31.6 Å². The van der Waals surface area contributed by atoms with Crippen molar-refractivity contribution in [3.05, 3.63) is 24.3 Å². The largest absolute Gasteiger partial charge is 0.380 e. The monoisotopic (exact) mass is 312 g/mol. The number of sulfonamides is 1. The summed E-state index contributed by atoms with van der Waals surface area (Å²) in [5, 5.41) is -0.443. The molecule has 1 aromatic carbocycles. The lowest BCUT2D eigenvalue weighted by Gasteiger charge is -2.33. The molecule has 6 heteroatoms. The molecule has 2 rings (SSSR count). The molecule has 1 aliphatic rings. The van der Waals surface area contributed by atoms with Crippen molar-refractivity contribution < 1.29 is 13.2 Å². The highest BCUT2D eigenvalue weighted by Crippen LogP contribution is 2.23. The van der Waals surface area contributed by atoms with E-state index in [-0.39, 0.29) is 6.10 Å². The average Bonchev–Trinajstić information content (AvgIpc) is 2.47. The summed E-state index contributed by atoms with van der Waals surface area (Å²) in [5.41, 5.74) is 1.71. The highest BCUT2D eigenvalue weighted by molar-refractivity contribution is 7.93. The van der Waals surface area contributed by atoms with Crippen molar-refractivity contribution in [1.82, 2.24) is 0 Å².